The van der Waals surface area contributed by atoms with Crippen LogP contribution in [-0.4, -0.2) is 9.97 Å². The molecule has 0 aliphatic heterocycles. The molecule has 0 fully saturated rings. The minimum atomic E-state index is -4.44. The number of H-pyrrole nitrogens is 1. The van der Waals surface area contributed by atoms with Gasteiger partial charge in [0.15, 0.2) is 0 Å². The Kier molecular flexibility index (Phi) is 2.92. The van der Waals surface area contributed by atoms with Crippen LogP contribution in [0.4, 0.5) is 13.2 Å². The van der Waals surface area contributed by atoms with Crippen molar-refractivity contribution in [1.29, 1.82) is 0 Å². The summed E-state index contributed by atoms with van der Waals surface area (Å²) in [5.41, 5.74) is 3.50. The van der Waals surface area contributed by atoms with E-state index < -0.39 is 12.0 Å². The summed E-state index contributed by atoms with van der Waals surface area (Å²) in [6.07, 6.45) is -4.44. The molecule has 0 amide bonds. The van der Waals surface area contributed by atoms with Gasteiger partial charge in [-0.05, 0) is 26.3 Å². The van der Waals surface area contributed by atoms with Gasteiger partial charge in [-0.2, -0.15) is 13.2 Å². The highest BCUT2D eigenvalue weighted by atomic mass is 19.4. The Balaban J connectivity index is 2.55. The van der Waals surface area contributed by atoms with Crippen LogP contribution in [0.15, 0.2) is 18.2 Å². The second-order valence-electron chi connectivity index (χ2n) is 4.38. The molecule has 1 N–H and O–H groups in total. The van der Waals surface area contributed by atoms with Crippen molar-refractivity contribution in [3.63, 3.8) is 0 Å². The summed E-state index contributed by atoms with van der Waals surface area (Å²) in [6, 6.07) is 5.59. The fourth-order valence-electron chi connectivity index (χ4n) is 1.94. The third kappa shape index (κ3) is 2.25. The number of rotatable bonds is 1. The molecule has 2 nitrogen and oxygen atoms in total. The first-order chi connectivity index (χ1) is 8.29. The Labute approximate surface area is 103 Å². The number of halogens is 3. The van der Waals surface area contributed by atoms with E-state index >= 15 is 0 Å². The average Bonchev–Trinajstić information content (AvgIpc) is 2.60. The third-order valence-electron chi connectivity index (χ3n) is 2.79. The number of imidazole rings is 1. The van der Waals surface area contributed by atoms with Crippen molar-refractivity contribution >= 4 is 0 Å². The van der Waals surface area contributed by atoms with Gasteiger partial charge in [-0.1, -0.05) is 23.8 Å². The van der Waals surface area contributed by atoms with Crippen molar-refractivity contribution in [2.75, 3.05) is 0 Å². The van der Waals surface area contributed by atoms with E-state index in [-0.39, 0.29) is 0 Å². The average molecular weight is 254 g/mol. The van der Waals surface area contributed by atoms with Crippen molar-refractivity contribution in [3.05, 3.63) is 40.8 Å². The molecule has 1 aromatic carbocycles. The highest BCUT2D eigenvalue weighted by molar-refractivity contribution is 5.66. The van der Waals surface area contributed by atoms with E-state index in [4.69, 9.17) is 0 Å². The minimum absolute atomic E-state index is 0.361. The fourth-order valence-corrected chi connectivity index (χ4v) is 1.94. The molecule has 2 aromatic rings. The maximum atomic E-state index is 12.6. The Morgan fingerprint density at radius 3 is 2.28 bits per heavy atom. The van der Waals surface area contributed by atoms with Crippen LogP contribution in [0, 0.1) is 20.8 Å². The van der Waals surface area contributed by atoms with Crippen LogP contribution in [0.3, 0.4) is 0 Å². The summed E-state index contributed by atoms with van der Waals surface area (Å²) < 4.78 is 37.7. The molecule has 18 heavy (non-hydrogen) atoms. The molecule has 1 heterocycles. The lowest BCUT2D eigenvalue weighted by molar-refractivity contribution is -0.144. The lowest BCUT2D eigenvalue weighted by Gasteiger charge is -2.05. The van der Waals surface area contributed by atoms with Crippen molar-refractivity contribution in [1.82, 2.24) is 9.97 Å². The number of aromatic amines is 1. The summed E-state index contributed by atoms with van der Waals surface area (Å²) in [6.45, 7) is 5.40. The molecule has 0 bridgehead atoms. The highest BCUT2D eigenvalue weighted by Gasteiger charge is 2.35. The molecule has 0 saturated heterocycles. The molecule has 2 rings (SSSR count). The number of hydrogen-bond donors (Lipinski definition) is 1. The largest absolute Gasteiger partial charge is 0.449 e. The van der Waals surface area contributed by atoms with Crippen LogP contribution in [0.2, 0.25) is 0 Å². The number of aryl methyl sites for hydroxylation is 3. The number of hydrogen-bond acceptors (Lipinski definition) is 1. The summed E-state index contributed by atoms with van der Waals surface area (Å²) in [7, 11) is 0. The zero-order chi connectivity index (χ0) is 13.5. The minimum Gasteiger partial charge on any atom is -0.338 e. The predicted molar refractivity (Wildman–Crippen MR) is 63.2 cm³/mol. The van der Waals surface area contributed by atoms with Crippen LogP contribution < -0.4 is 0 Å². The molecule has 96 valence electrons. The van der Waals surface area contributed by atoms with Crippen molar-refractivity contribution in [3.8, 4) is 11.3 Å². The lowest BCUT2D eigenvalue weighted by atomic mass is 10.0. The van der Waals surface area contributed by atoms with Crippen LogP contribution in [-0.2, 0) is 6.18 Å². The van der Waals surface area contributed by atoms with E-state index in [0.717, 1.165) is 16.7 Å². The Morgan fingerprint density at radius 2 is 1.78 bits per heavy atom. The summed E-state index contributed by atoms with van der Waals surface area (Å²) >= 11 is 0. The normalized spacial score (nSPS) is 11.9. The molecular formula is C13H13F3N2. The van der Waals surface area contributed by atoms with E-state index in [1.54, 1.807) is 13.0 Å². The van der Waals surface area contributed by atoms with E-state index in [0.29, 0.717) is 11.4 Å². The van der Waals surface area contributed by atoms with Gasteiger partial charge in [-0.3, -0.25) is 0 Å². The standard InChI is InChI=1S/C13H13F3N2/c1-7-4-5-10(8(2)6-7)11-9(3)17-12(18-11)13(14,15)16/h4-6H,1-3H3,(H,17,18). The van der Waals surface area contributed by atoms with Gasteiger partial charge in [0.1, 0.15) is 0 Å². The van der Waals surface area contributed by atoms with Gasteiger partial charge in [0.2, 0.25) is 5.82 Å². The van der Waals surface area contributed by atoms with Gasteiger partial charge in [0.25, 0.3) is 0 Å². The zero-order valence-corrected chi connectivity index (χ0v) is 10.3. The Bertz CT molecular complexity index is 582. The van der Waals surface area contributed by atoms with E-state index in [9.17, 15) is 13.2 Å². The summed E-state index contributed by atoms with van der Waals surface area (Å²) in [4.78, 5) is 5.95. The van der Waals surface area contributed by atoms with Gasteiger partial charge in [-0.25, -0.2) is 4.98 Å². The summed E-state index contributed by atoms with van der Waals surface area (Å²) in [5.74, 6) is -0.949. The van der Waals surface area contributed by atoms with Gasteiger partial charge >= 0.3 is 6.18 Å². The predicted octanol–water partition coefficient (Wildman–Crippen LogP) is 4.02. The van der Waals surface area contributed by atoms with Crippen molar-refractivity contribution < 1.29 is 13.2 Å². The molecule has 0 aliphatic carbocycles. The number of aromatic nitrogens is 2. The van der Waals surface area contributed by atoms with E-state index in [1.807, 2.05) is 26.0 Å². The number of nitrogens with zero attached hydrogens (tertiary/aromatic N) is 1. The van der Waals surface area contributed by atoms with Crippen LogP contribution in [0.1, 0.15) is 22.6 Å². The number of alkyl halides is 3. The number of benzene rings is 1. The fraction of sp³-hybridized carbons (Fsp3) is 0.308. The summed E-state index contributed by atoms with van der Waals surface area (Å²) in [5, 5.41) is 0. The van der Waals surface area contributed by atoms with E-state index in [1.165, 1.54) is 0 Å². The molecule has 0 spiro atoms. The van der Waals surface area contributed by atoms with Crippen molar-refractivity contribution in [2.45, 2.75) is 26.9 Å². The van der Waals surface area contributed by atoms with Gasteiger partial charge < -0.3 is 4.98 Å². The number of nitrogens with one attached hydrogen (secondary N) is 1. The Morgan fingerprint density at radius 1 is 1.11 bits per heavy atom. The second-order valence-corrected chi connectivity index (χ2v) is 4.38. The van der Waals surface area contributed by atoms with Gasteiger partial charge in [0.05, 0.1) is 5.69 Å². The van der Waals surface area contributed by atoms with Crippen LogP contribution in [0.5, 0.6) is 0 Å². The first kappa shape index (κ1) is 12.7. The zero-order valence-electron chi connectivity index (χ0n) is 10.3. The maximum Gasteiger partial charge on any atom is 0.449 e. The van der Waals surface area contributed by atoms with Gasteiger partial charge in [-0.15, -0.1) is 0 Å². The first-order valence-corrected chi connectivity index (χ1v) is 5.50. The molecular weight excluding hydrogens is 241 g/mol. The highest BCUT2D eigenvalue weighted by Crippen LogP contribution is 2.32. The van der Waals surface area contributed by atoms with Crippen LogP contribution in [0.25, 0.3) is 11.3 Å². The quantitative estimate of drug-likeness (QED) is 0.818. The molecule has 0 aliphatic rings. The smallest absolute Gasteiger partial charge is 0.338 e. The second kappa shape index (κ2) is 4.15. The maximum absolute atomic E-state index is 12.6. The molecule has 0 radical (unpaired) electrons. The van der Waals surface area contributed by atoms with E-state index in [2.05, 4.69) is 9.97 Å². The topological polar surface area (TPSA) is 28.7 Å². The SMILES string of the molecule is Cc1ccc(-c2nc(C(F)(F)F)[nH]c2C)c(C)c1. The molecule has 0 unspecified atom stereocenters. The van der Waals surface area contributed by atoms with Crippen LogP contribution >= 0.6 is 0 Å². The van der Waals surface area contributed by atoms with Crippen molar-refractivity contribution in [2.24, 2.45) is 0 Å². The Hall–Kier alpha value is -1.78. The molecule has 5 heteroatoms. The molecule has 0 saturated carbocycles. The van der Waals surface area contributed by atoms with Gasteiger partial charge in [0, 0.05) is 11.3 Å². The third-order valence-corrected chi connectivity index (χ3v) is 2.79. The molecule has 1 aromatic heterocycles. The monoisotopic (exact) mass is 254 g/mol. The molecule has 0 atom stereocenters. The first-order valence-electron chi connectivity index (χ1n) is 5.50. The lowest BCUT2D eigenvalue weighted by Crippen LogP contribution is -2.07.